The molecule has 0 aliphatic heterocycles. The van der Waals surface area contributed by atoms with Gasteiger partial charge in [0.25, 0.3) is 0 Å². The van der Waals surface area contributed by atoms with Crippen molar-refractivity contribution >= 4 is 11.9 Å². The second-order valence-electron chi connectivity index (χ2n) is 1.44. The summed E-state index contributed by atoms with van der Waals surface area (Å²) < 4.78 is 0. The van der Waals surface area contributed by atoms with Gasteiger partial charge in [-0.05, 0) is 0 Å². The van der Waals surface area contributed by atoms with E-state index in [1.165, 1.54) is 6.08 Å². The fourth-order valence-corrected chi connectivity index (χ4v) is 0.289. The van der Waals surface area contributed by atoms with E-state index in [0.29, 0.717) is 0 Å². The summed E-state index contributed by atoms with van der Waals surface area (Å²) in [6.07, 6.45) is 2.18. The fourth-order valence-electron chi connectivity index (χ4n) is 0.289. The molecule has 0 aliphatic carbocycles. The van der Waals surface area contributed by atoms with E-state index in [1.807, 2.05) is 5.32 Å². The average molecular weight is 151 g/mol. The van der Waals surface area contributed by atoms with E-state index in [0.717, 1.165) is 6.08 Å². The molecule has 1 N–H and O–H groups in total. The number of amides is 3. The lowest BCUT2D eigenvalue weighted by Gasteiger charge is -1.78. The zero-order chi connectivity index (χ0) is 8.69. The highest BCUT2D eigenvalue weighted by molar-refractivity contribution is 6.03. The topological polar surface area (TPSA) is 50.5 Å². The molecular weight excluding hydrogens is 144 g/mol. The van der Waals surface area contributed by atoms with E-state index in [1.54, 1.807) is 0 Å². The minimum Gasteiger partial charge on any atom is -0.242 e. The number of urea groups is 1. The number of rotatable bonds is 1. The van der Waals surface area contributed by atoms with Gasteiger partial charge >= 0.3 is 11.9 Å². The number of hydrogen-bond donors (Lipinski definition) is 1. The van der Waals surface area contributed by atoms with Crippen LogP contribution in [0.1, 0.15) is 0 Å². The van der Waals surface area contributed by atoms with Crippen molar-refractivity contribution < 1.29 is 9.59 Å². The van der Waals surface area contributed by atoms with Gasteiger partial charge in [0.05, 0.1) is 0 Å². The van der Waals surface area contributed by atoms with Crippen LogP contribution in [0.5, 0.6) is 0 Å². The molecule has 0 heterocycles. The number of carbonyl (C=O) groups excluding carboxylic acids is 2. The Morgan fingerprint density at radius 2 is 2.09 bits per heavy atom. The maximum Gasteiger partial charge on any atom is 0.606 e. The fraction of sp³-hybridized carbons (Fsp3) is 0. The minimum atomic E-state index is -0.783. The Balaban J connectivity index is 3.97. The van der Waals surface area contributed by atoms with Crippen LogP contribution in [0.2, 0.25) is 0 Å². The summed E-state index contributed by atoms with van der Waals surface area (Å²) in [4.78, 5) is 24.1. The first-order valence-corrected chi connectivity index (χ1v) is 2.75. The molecule has 0 atom stereocenters. The van der Waals surface area contributed by atoms with Crippen LogP contribution in [-0.4, -0.2) is 11.9 Å². The number of nitrogens with one attached hydrogen (secondary N) is 1. The van der Waals surface area contributed by atoms with E-state index in [4.69, 9.17) is 0 Å². The summed E-state index contributed by atoms with van der Waals surface area (Å²) in [5.41, 5.74) is 0. The maximum atomic E-state index is 10.5. The summed E-state index contributed by atoms with van der Waals surface area (Å²) in [6, 6.07) is 1.39. The molecule has 0 spiro atoms. The molecule has 0 bridgehead atoms. The van der Waals surface area contributed by atoms with E-state index >= 15 is 0 Å². The summed E-state index contributed by atoms with van der Waals surface area (Å²) in [7, 11) is 0. The predicted molar refractivity (Wildman–Crippen MR) is 41.2 cm³/mol. The Hall–Kier alpha value is -1.89. The number of allylic oxidation sites excluding steroid dienone is 1. The molecule has 56 valence electrons. The Morgan fingerprint density at radius 1 is 1.45 bits per heavy atom. The highest BCUT2D eigenvalue weighted by Crippen LogP contribution is 1.74. The minimum absolute atomic E-state index is 0.593. The molecule has 0 fully saturated rings. The van der Waals surface area contributed by atoms with Crippen LogP contribution >= 0.6 is 0 Å². The van der Waals surface area contributed by atoms with Crippen molar-refractivity contribution in [3.63, 3.8) is 0 Å². The lowest BCUT2D eigenvalue weighted by atomic mass is 10.6. The third kappa shape index (κ3) is 4.60. The van der Waals surface area contributed by atoms with Gasteiger partial charge in [-0.3, -0.25) is 0 Å². The van der Waals surface area contributed by atoms with E-state index < -0.39 is 11.9 Å². The van der Waals surface area contributed by atoms with Crippen LogP contribution < -0.4 is 5.32 Å². The van der Waals surface area contributed by atoms with Gasteiger partial charge in [-0.25, -0.2) is 4.79 Å². The summed E-state index contributed by atoms with van der Waals surface area (Å²) in [5.74, 6) is -0.593. The Kier molecular flexibility index (Phi) is 4.09. The molecule has 0 aromatic carbocycles. The first-order chi connectivity index (χ1) is 5.20. The van der Waals surface area contributed by atoms with Gasteiger partial charge in [0, 0.05) is 12.2 Å². The van der Waals surface area contributed by atoms with Gasteiger partial charge in [-0.15, -0.1) is 4.85 Å². The quantitative estimate of drug-likeness (QED) is 0.447. The Bertz CT molecular complexity index is 257. The summed E-state index contributed by atoms with van der Waals surface area (Å²) in [6.45, 7) is 6.39. The van der Waals surface area contributed by atoms with Gasteiger partial charge in [-0.1, -0.05) is 13.2 Å². The molecule has 0 rings (SSSR count). The molecule has 4 nitrogen and oxygen atoms in total. The first kappa shape index (κ1) is 9.11. The van der Waals surface area contributed by atoms with Crippen molar-refractivity contribution in [3.8, 4) is 6.07 Å². The Morgan fingerprint density at radius 3 is 2.55 bits per heavy atom. The first-order valence-electron chi connectivity index (χ1n) is 2.75. The second kappa shape index (κ2) is 4.94. The summed E-state index contributed by atoms with van der Waals surface area (Å²) >= 11 is 0. The highest BCUT2D eigenvalue weighted by atomic mass is 16.2. The van der Waals surface area contributed by atoms with Crippen LogP contribution in [0.3, 0.4) is 0 Å². The van der Waals surface area contributed by atoms with Gasteiger partial charge < -0.3 is 0 Å². The number of carbonyl (C=O) groups is 2. The second-order valence-corrected chi connectivity index (χ2v) is 1.44. The van der Waals surface area contributed by atoms with Gasteiger partial charge in [0.15, 0.2) is 6.07 Å². The standard InChI is InChI=1S/C7H6N2O2/c1-3-5-8-7(11)9-6(10)4-2/h3-4H,1-2H2/p+1. The molecule has 11 heavy (non-hydrogen) atoms. The van der Waals surface area contributed by atoms with Crippen molar-refractivity contribution in [3.05, 3.63) is 30.2 Å². The van der Waals surface area contributed by atoms with Crippen molar-refractivity contribution in [2.24, 2.45) is 0 Å². The van der Waals surface area contributed by atoms with Gasteiger partial charge in [0.1, 0.15) is 0 Å². The van der Waals surface area contributed by atoms with Crippen LogP contribution in [-0.2, 0) is 4.79 Å². The third-order valence-corrected chi connectivity index (χ3v) is 0.673. The monoisotopic (exact) mass is 151 g/mol. The van der Waals surface area contributed by atoms with Gasteiger partial charge in [0.2, 0.25) is 0 Å². The Labute approximate surface area is 64.0 Å². The van der Waals surface area contributed by atoms with Gasteiger partial charge in [-0.2, -0.15) is 10.1 Å². The highest BCUT2D eigenvalue weighted by Gasteiger charge is 2.11. The maximum absolute atomic E-state index is 10.5. The molecule has 0 radical (unpaired) electrons. The van der Waals surface area contributed by atoms with Crippen molar-refractivity contribution in [2.75, 3.05) is 0 Å². The lowest BCUT2D eigenvalue weighted by molar-refractivity contribution is -0.115. The lowest BCUT2D eigenvalue weighted by Crippen LogP contribution is -2.24. The molecule has 0 unspecified atom stereocenters. The SMILES string of the molecule is C=CC#[N+]C(=O)NC(=O)C=C. The third-order valence-electron chi connectivity index (χ3n) is 0.673. The largest absolute Gasteiger partial charge is 0.606 e. The van der Waals surface area contributed by atoms with Crippen LogP contribution in [0, 0.1) is 6.07 Å². The van der Waals surface area contributed by atoms with Crippen LogP contribution in [0.25, 0.3) is 4.85 Å². The zero-order valence-corrected chi connectivity index (χ0v) is 5.83. The van der Waals surface area contributed by atoms with Crippen LogP contribution in [0.15, 0.2) is 25.3 Å². The molecule has 0 saturated carbocycles. The molecule has 3 amide bonds. The molecule has 0 saturated heterocycles. The van der Waals surface area contributed by atoms with E-state index in [9.17, 15) is 9.59 Å². The molecule has 0 aliphatic rings. The zero-order valence-electron chi connectivity index (χ0n) is 5.83. The molecular formula is C7H7N2O2+. The summed E-state index contributed by atoms with van der Waals surface area (Å²) in [5, 5.41) is 1.89. The van der Waals surface area contributed by atoms with Crippen molar-refractivity contribution in [1.29, 1.82) is 0 Å². The average Bonchev–Trinajstić information content (AvgIpc) is 2.00. The van der Waals surface area contributed by atoms with Crippen molar-refractivity contribution in [2.45, 2.75) is 0 Å². The smallest absolute Gasteiger partial charge is 0.242 e. The number of imide groups is 1. The normalized spacial score (nSPS) is 6.91. The molecule has 4 heteroatoms. The number of nitrogens with zero attached hydrogens (tertiary/aromatic N) is 1. The number of hydrogen-bond acceptors (Lipinski definition) is 2. The van der Waals surface area contributed by atoms with E-state index in [2.05, 4.69) is 24.1 Å². The predicted octanol–water partition coefficient (Wildman–Crippen LogP) is 0.927. The van der Waals surface area contributed by atoms with E-state index in [-0.39, 0.29) is 0 Å². The van der Waals surface area contributed by atoms with Crippen molar-refractivity contribution in [1.82, 2.24) is 5.32 Å². The van der Waals surface area contributed by atoms with Crippen LogP contribution in [0.4, 0.5) is 4.79 Å². The molecule has 0 aromatic heterocycles. The molecule has 0 aromatic rings.